The van der Waals surface area contributed by atoms with Gasteiger partial charge in [0.1, 0.15) is 17.2 Å². The molecule has 1 aromatic carbocycles. The fraction of sp³-hybridized carbons (Fsp3) is 0.300. The van der Waals surface area contributed by atoms with Crippen LogP contribution in [-0.4, -0.2) is 35.2 Å². The number of ether oxygens (including phenoxy) is 2. The molecule has 0 unspecified atom stereocenters. The Morgan fingerprint density at radius 2 is 2.05 bits per heavy atom. The van der Waals surface area contributed by atoms with Crippen LogP contribution in [0, 0.1) is 0 Å². The molecule has 106 valence electrons. The number of hydrogen-bond acceptors (Lipinski definition) is 6. The van der Waals surface area contributed by atoms with Crippen LogP contribution in [0.15, 0.2) is 21.5 Å². The van der Waals surface area contributed by atoms with E-state index in [9.17, 15) is 13.2 Å². The highest BCUT2D eigenvalue weighted by molar-refractivity contribution is 9.10. The summed E-state index contributed by atoms with van der Waals surface area (Å²) in [4.78, 5) is 10.8. The second kappa shape index (κ2) is 6.22. The quantitative estimate of drug-likeness (QED) is 0.589. The molecule has 0 heterocycles. The third kappa shape index (κ3) is 3.82. The highest BCUT2D eigenvalue weighted by atomic mass is 79.9. The average Bonchev–Trinajstić information content (AvgIpc) is 2.38. The van der Waals surface area contributed by atoms with Crippen LogP contribution in [0.4, 0.5) is 5.69 Å². The van der Waals surface area contributed by atoms with Crippen molar-refractivity contribution in [2.24, 2.45) is 0 Å². The number of methoxy groups -OCH3 is 2. The van der Waals surface area contributed by atoms with Gasteiger partial charge in [0.2, 0.25) is 10.0 Å². The van der Waals surface area contributed by atoms with Crippen molar-refractivity contribution in [2.75, 3.05) is 26.5 Å². The number of carbonyl (C=O) groups excluding carboxylic acids is 1. The second-order valence-electron chi connectivity index (χ2n) is 3.43. The largest absolute Gasteiger partial charge is 0.495 e. The van der Waals surface area contributed by atoms with E-state index in [0.29, 0.717) is 4.47 Å². The van der Waals surface area contributed by atoms with E-state index in [-0.39, 0.29) is 16.3 Å². The molecular weight excluding hydrogens is 340 g/mol. The first-order chi connectivity index (χ1) is 8.81. The molecule has 1 aromatic rings. The van der Waals surface area contributed by atoms with Crippen LogP contribution in [0.5, 0.6) is 5.75 Å². The van der Waals surface area contributed by atoms with Crippen LogP contribution >= 0.6 is 15.9 Å². The standard InChI is InChI=1S/C10H13BrN2O5S/c1-17-8-3-6(11)7(12)4-9(8)19(15,16)13-5-10(14)18-2/h3-4,13H,5,12H2,1-2H3. The molecule has 0 fully saturated rings. The number of nitrogens with one attached hydrogen (secondary N) is 1. The van der Waals surface area contributed by atoms with E-state index >= 15 is 0 Å². The van der Waals surface area contributed by atoms with Crippen molar-refractivity contribution >= 4 is 37.6 Å². The zero-order valence-corrected chi connectivity index (χ0v) is 12.7. The van der Waals surface area contributed by atoms with Gasteiger partial charge in [0.15, 0.2) is 0 Å². The van der Waals surface area contributed by atoms with Gasteiger partial charge < -0.3 is 15.2 Å². The zero-order valence-electron chi connectivity index (χ0n) is 10.3. The summed E-state index contributed by atoms with van der Waals surface area (Å²) in [6.07, 6.45) is 0. The number of halogens is 1. The number of nitrogen functional groups attached to an aromatic ring is 1. The Hall–Kier alpha value is -1.32. The van der Waals surface area contributed by atoms with E-state index in [0.717, 1.165) is 7.11 Å². The molecule has 0 aliphatic rings. The summed E-state index contributed by atoms with van der Waals surface area (Å²) in [5.74, 6) is -0.592. The molecule has 0 radical (unpaired) electrons. The van der Waals surface area contributed by atoms with Crippen LogP contribution in [0.3, 0.4) is 0 Å². The molecule has 3 N–H and O–H groups in total. The molecule has 0 saturated heterocycles. The maximum atomic E-state index is 12.0. The minimum atomic E-state index is -3.92. The molecule has 1 rings (SSSR count). The van der Waals surface area contributed by atoms with Gasteiger partial charge in [-0.25, -0.2) is 8.42 Å². The highest BCUT2D eigenvalue weighted by Crippen LogP contribution is 2.32. The van der Waals surface area contributed by atoms with Crippen LogP contribution in [0.1, 0.15) is 0 Å². The van der Waals surface area contributed by atoms with Gasteiger partial charge in [-0.05, 0) is 28.1 Å². The predicted octanol–water partition coefficient (Wildman–Crippen LogP) is 0.491. The van der Waals surface area contributed by atoms with E-state index in [2.05, 4.69) is 25.4 Å². The van der Waals surface area contributed by atoms with Crippen molar-refractivity contribution in [1.29, 1.82) is 0 Å². The number of benzene rings is 1. The SMILES string of the molecule is COC(=O)CNS(=O)(=O)c1cc(N)c(Br)cc1OC. The lowest BCUT2D eigenvalue weighted by molar-refractivity contribution is -0.139. The molecule has 9 heteroatoms. The van der Waals surface area contributed by atoms with Crippen LogP contribution in [-0.2, 0) is 19.6 Å². The lowest BCUT2D eigenvalue weighted by Gasteiger charge is -2.12. The Morgan fingerprint density at radius 1 is 1.42 bits per heavy atom. The van der Waals surface area contributed by atoms with Crippen molar-refractivity contribution in [3.8, 4) is 5.75 Å². The van der Waals surface area contributed by atoms with Crippen molar-refractivity contribution in [2.45, 2.75) is 4.90 Å². The Labute approximate surface area is 119 Å². The molecule has 19 heavy (non-hydrogen) atoms. The molecule has 0 saturated carbocycles. The molecule has 0 aliphatic heterocycles. The van der Waals surface area contributed by atoms with Crippen molar-refractivity contribution in [3.05, 3.63) is 16.6 Å². The maximum Gasteiger partial charge on any atom is 0.320 e. The van der Waals surface area contributed by atoms with Gasteiger partial charge in [-0.2, -0.15) is 4.72 Å². The van der Waals surface area contributed by atoms with Gasteiger partial charge in [-0.1, -0.05) is 0 Å². The van der Waals surface area contributed by atoms with E-state index in [1.54, 1.807) is 0 Å². The van der Waals surface area contributed by atoms with Crippen LogP contribution < -0.4 is 15.2 Å². The van der Waals surface area contributed by atoms with Gasteiger partial charge in [-0.15, -0.1) is 0 Å². The van der Waals surface area contributed by atoms with Gasteiger partial charge in [0.25, 0.3) is 0 Å². The second-order valence-corrected chi connectivity index (χ2v) is 6.01. The summed E-state index contributed by atoms with van der Waals surface area (Å²) in [5.41, 5.74) is 5.87. The summed E-state index contributed by atoms with van der Waals surface area (Å²) in [5, 5.41) is 0. The fourth-order valence-corrected chi connectivity index (χ4v) is 2.70. The van der Waals surface area contributed by atoms with E-state index < -0.39 is 22.5 Å². The van der Waals surface area contributed by atoms with Gasteiger partial charge in [-0.3, -0.25) is 4.79 Å². The Morgan fingerprint density at radius 3 is 2.58 bits per heavy atom. The smallest absolute Gasteiger partial charge is 0.320 e. The van der Waals surface area contributed by atoms with E-state index in [1.165, 1.54) is 19.2 Å². The number of hydrogen-bond donors (Lipinski definition) is 2. The number of carbonyl (C=O) groups is 1. The van der Waals surface area contributed by atoms with Gasteiger partial charge >= 0.3 is 5.97 Å². The first-order valence-corrected chi connectivity index (χ1v) is 7.29. The molecule has 0 spiro atoms. The zero-order chi connectivity index (χ0) is 14.6. The lowest BCUT2D eigenvalue weighted by atomic mass is 10.3. The van der Waals surface area contributed by atoms with E-state index in [4.69, 9.17) is 10.5 Å². The van der Waals surface area contributed by atoms with Crippen LogP contribution in [0.2, 0.25) is 0 Å². The summed E-state index contributed by atoms with van der Waals surface area (Å²) >= 11 is 3.17. The van der Waals surface area contributed by atoms with Crippen molar-refractivity contribution < 1.29 is 22.7 Å². The molecular formula is C10H13BrN2O5S. The minimum absolute atomic E-state index is 0.110. The average molecular weight is 353 g/mol. The Balaban J connectivity index is 3.13. The Kier molecular flexibility index (Phi) is 5.15. The monoisotopic (exact) mass is 352 g/mol. The molecule has 0 bridgehead atoms. The summed E-state index contributed by atoms with van der Waals surface area (Å²) in [7, 11) is -1.43. The number of nitrogens with two attached hydrogens (primary N) is 1. The molecule has 0 atom stereocenters. The normalized spacial score (nSPS) is 11.1. The minimum Gasteiger partial charge on any atom is -0.495 e. The van der Waals surface area contributed by atoms with Crippen LogP contribution in [0.25, 0.3) is 0 Å². The number of rotatable bonds is 5. The summed E-state index contributed by atoms with van der Waals surface area (Å²) < 4.78 is 36.0. The number of sulfonamides is 1. The van der Waals surface area contributed by atoms with E-state index in [1.807, 2.05) is 0 Å². The maximum absolute atomic E-state index is 12.0. The molecule has 0 aliphatic carbocycles. The topological polar surface area (TPSA) is 108 Å². The van der Waals surface area contributed by atoms with Crippen molar-refractivity contribution in [3.63, 3.8) is 0 Å². The third-order valence-corrected chi connectivity index (χ3v) is 4.32. The van der Waals surface area contributed by atoms with Gasteiger partial charge in [0.05, 0.1) is 14.2 Å². The first-order valence-electron chi connectivity index (χ1n) is 5.01. The lowest BCUT2D eigenvalue weighted by Crippen LogP contribution is -2.30. The van der Waals surface area contributed by atoms with Crippen molar-refractivity contribution in [1.82, 2.24) is 4.72 Å². The molecule has 0 aromatic heterocycles. The molecule has 7 nitrogen and oxygen atoms in total. The Bertz CT molecular complexity index is 588. The third-order valence-electron chi connectivity index (χ3n) is 2.21. The predicted molar refractivity (Wildman–Crippen MR) is 72.3 cm³/mol. The number of esters is 1. The fourth-order valence-electron chi connectivity index (χ4n) is 1.22. The first kappa shape index (κ1) is 15.7. The van der Waals surface area contributed by atoms with Gasteiger partial charge in [0, 0.05) is 10.2 Å². The highest BCUT2D eigenvalue weighted by Gasteiger charge is 2.22. The summed E-state index contributed by atoms with van der Waals surface area (Å²) in [6, 6.07) is 2.67. The summed E-state index contributed by atoms with van der Waals surface area (Å²) in [6.45, 7) is -0.474. The number of anilines is 1. The molecule has 0 amide bonds.